The Labute approximate surface area is 153 Å². The molecule has 2 aliphatic rings. The minimum atomic E-state index is -0.0745. The number of hydrogen-bond acceptors (Lipinski definition) is 4. The third-order valence-corrected chi connectivity index (χ3v) is 5.61. The number of ether oxygens (including phenoxy) is 1. The van der Waals surface area contributed by atoms with E-state index in [2.05, 4.69) is 35.9 Å². The third kappa shape index (κ3) is 5.87. The first-order chi connectivity index (χ1) is 12.0. The molecule has 2 saturated heterocycles. The summed E-state index contributed by atoms with van der Waals surface area (Å²) in [4.78, 5) is 21.4. The van der Waals surface area contributed by atoms with Gasteiger partial charge in [-0.1, -0.05) is 6.92 Å². The van der Waals surface area contributed by atoms with Gasteiger partial charge >= 0.3 is 5.97 Å². The second kappa shape index (κ2) is 10.00. The molecule has 2 fully saturated rings. The van der Waals surface area contributed by atoms with Crippen LogP contribution in [0.15, 0.2) is 4.99 Å². The Kier molecular flexibility index (Phi) is 8.00. The van der Waals surface area contributed by atoms with E-state index in [1.165, 1.54) is 33.0 Å². The van der Waals surface area contributed by atoms with E-state index < -0.39 is 0 Å². The van der Waals surface area contributed by atoms with Gasteiger partial charge in [-0.15, -0.1) is 0 Å². The maximum Gasteiger partial charge on any atom is 0.308 e. The number of rotatable bonds is 5. The lowest BCUT2D eigenvalue weighted by molar-refractivity contribution is -0.146. The lowest BCUT2D eigenvalue weighted by Gasteiger charge is -2.35. The number of piperidine rings is 2. The molecule has 6 nitrogen and oxygen atoms in total. The fourth-order valence-corrected chi connectivity index (χ4v) is 3.72. The normalized spacial score (nSPS) is 22.7. The first-order valence-electron chi connectivity index (χ1n) is 9.90. The molecule has 0 aliphatic carbocycles. The monoisotopic (exact) mass is 352 g/mol. The van der Waals surface area contributed by atoms with Gasteiger partial charge in [0.05, 0.1) is 19.6 Å². The predicted molar refractivity (Wildman–Crippen MR) is 102 cm³/mol. The maximum atomic E-state index is 11.7. The molecule has 0 radical (unpaired) electrons. The van der Waals surface area contributed by atoms with Gasteiger partial charge in [0.2, 0.25) is 0 Å². The summed E-state index contributed by atoms with van der Waals surface area (Å²) in [5.74, 6) is 1.82. The molecule has 0 aromatic carbocycles. The van der Waals surface area contributed by atoms with Crippen molar-refractivity contribution in [2.45, 2.75) is 52.5 Å². The molecule has 0 bridgehead atoms. The van der Waals surface area contributed by atoms with Crippen LogP contribution in [-0.2, 0) is 9.53 Å². The van der Waals surface area contributed by atoms with Gasteiger partial charge in [0.1, 0.15) is 0 Å². The van der Waals surface area contributed by atoms with E-state index >= 15 is 0 Å². The average molecular weight is 353 g/mol. The number of aliphatic imine (C=N–C) groups is 1. The SMILES string of the molecule is CCNC(=NCC(C)N1CCC(C)CC1)N1CCC(C(=O)OC)CC1. The molecule has 0 aromatic rings. The molecule has 1 atom stereocenters. The molecule has 1 N–H and O–H groups in total. The van der Waals surface area contributed by atoms with Crippen molar-refractivity contribution >= 4 is 11.9 Å². The van der Waals surface area contributed by atoms with Crippen molar-refractivity contribution in [1.82, 2.24) is 15.1 Å². The molecule has 0 aromatic heterocycles. The van der Waals surface area contributed by atoms with Crippen molar-refractivity contribution in [1.29, 1.82) is 0 Å². The van der Waals surface area contributed by atoms with E-state index in [0.29, 0.717) is 6.04 Å². The first-order valence-corrected chi connectivity index (χ1v) is 9.90. The van der Waals surface area contributed by atoms with Gasteiger partial charge in [0.15, 0.2) is 5.96 Å². The fourth-order valence-electron chi connectivity index (χ4n) is 3.72. The zero-order valence-corrected chi connectivity index (χ0v) is 16.5. The number of esters is 1. The van der Waals surface area contributed by atoms with Crippen molar-refractivity contribution in [2.75, 3.05) is 46.4 Å². The van der Waals surface area contributed by atoms with Crippen LogP contribution in [0.5, 0.6) is 0 Å². The lowest BCUT2D eigenvalue weighted by atomic mass is 9.97. The molecule has 144 valence electrons. The van der Waals surface area contributed by atoms with E-state index in [4.69, 9.17) is 9.73 Å². The van der Waals surface area contributed by atoms with E-state index in [1.807, 2.05) is 0 Å². The Hall–Kier alpha value is -1.30. The van der Waals surface area contributed by atoms with Crippen LogP contribution in [0.3, 0.4) is 0 Å². The summed E-state index contributed by atoms with van der Waals surface area (Å²) >= 11 is 0. The Morgan fingerprint density at radius 1 is 1.20 bits per heavy atom. The van der Waals surface area contributed by atoms with Crippen molar-refractivity contribution in [2.24, 2.45) is 16.8 Å². The minimum Gasteiger partial charge on any atom is -0.469 e. The number of hydrogen-bond donors (Lipinski definition) is 1. The van der Waals surface area contributed by atoms with Crippen LogP contribution in [0, 0.1) is 11.8 Å². The third-order valence-electron chi connectivity index (χ3n) is 5.61. The number of likely N-dealkylation sites (tertiary alicyclic amines) is 2. The van der Waals surface area contributed by atoms with Crippen LogP contribution in [0.2, 0.25) is 0 Å². The van der Waals surface area contributed by atoms with Gasteiger partial charge in [-0.05, 0) is 58.5 Å². The fraction of sp³-hybridized carbons (Fsp3) is 0.895. The van der Waals surface area contributed by atoms with E-state index in [1.54, 1.807) is 0 Å². The Morgan fingerprint density at radius 2 is 1.84 bits per heavy atom. The summed E-state index contributed by atoms with van der Waals surface area (Å²) in [6.07, 6.45) is 4.29. The highest BCUT2D eigenvalue weighted by atomic mass is 16.5. The number of nitrogens with one attached hydrogen (secondary N) is 1. The molecule has 0 saturated carbocycles. The largest absolute Gasteiger partial charge is 0.469 e. The highest BCUT2D eigenvalue weighted by Gasteiger charge is 2.27. The zero-order chi connectivity index (χ0) is 18.2. The molecule has 25 heavy (non-hydrogen) atoms. The van der Waals surface area contributed by atoms with Crippen LogP contribution >= 0.6 is 0 Å². The summed E-state index contributed by atoms with van der Waals surface area (Å²) in [5.41, 5.74) is 0. The Morgan fingerprint density at radius 3 is 2.40 bits per heavy atom. The van der Waals surface area contributed by atoms with E-state index in [9.17, 15) is 4.79 Å². The summed E-state index contributed by atoms with van der Waals surface area (Å²) in [7, 11) is 1.48. The Balaban J connectivity index is 1.87. The van der Waals surface area contributed by atoms with Crippen LogP contribution in [-0.4, -0.2) is 74.1 Å². The topological polar surface area (TPSA) is 57.2 Å². The molecule has 6 heteroatoms. The number of carbonyl (C=O) groups is 1. The molecule has 1 unspecified atom stereocenters. The van der Waals surface area contributed by atoms with Crippen molar-refractivity contribution in [3.63, 3.8) is 0 Å². The number of carbonyl (C=O) groups excluding carboxylic acids is 1. The highest BCUT2D eigenvalue weighted by molar-refractivity contribution is 5.80. The zero-order valence-electron chi connectivity index (χ0n) is 16.5. The standard InChI is InChI=1S/C19H36N4O2/c1-5-20-19(23-12-8-17(9-13-23)18(24)25-4)21-14-16(3)22-10-6-15(2)7-11-22/h15-17H,5-14H2,1-4H3,(H,20,21). The molecular formula is C19H36N4O2. The summed E-state index contributed by atoms with van der Waals surface area (Å²) < 4.78 is 4.88. The molecule has 2 heterocycles. The lowest BCUT2D eigenvalue weighted by Crippen LogP contribution is -2.47. The van der Waals surface area contributed by atoms with Crippen molar-refractivity contribution in [3.05, 3.63) is 0 Å². The quantitative estimate of drug-likeness (QED) is 0.466. The average Bonchev–Trinajstić information content (AvgIpc) is 2.65. The smallest absolute Gasteiger partial charge is 0.308 e. The second-order valence-corrected chi connectivity index (χ2v) is 7.55. The molecule has 2 rings (SSSR count). The highest BCUT2D eigenvalue weighted by Crippen LogP contribution is 2.20. The Bertz CT molecular complexity index is 439. The van der Waals surface area contributed by atoms with Crippen LogP contribution < -0.4 is 5.32 Å². The number of methoxy groups -OCH3 is 1. The van der Waals surface area contributed by atoms with Gasteiger partial charge in [0, 0.05) is 25.7 Å². The maximum absolute atomic E-state index is 11.7. The van der Waals surface area contributed by atoms with Gasteiger partial charge < -0.3 is 15.0 Å². The molecular weight excluding hydrogens is 316 g/mol. The number of nitrogens with zero attached hydrogens (tertiary/aromatic N) is 3. The van der Waals surface area contributed by atoms with Crippen LogP contribution in [0.1, 0.15) is 46.5 Å². The molecule has 0 spiro atoms. The van der Waals surface area contributed by atoms with Gasteiger partial charge in [0.25, 0.3) is 0 Å². The van der Waals surface area contributed by atoms with Gasteiger partial charge in [-0.2, -0.15) is 0 Å². The second-order valence-electron chi connectivity index (χ2n) is 7.55. The van der Waals surface area contributed by atoms with E-state index in [-0.39, 0.29) is 11.9 Å². The summed E-state index contributed by atoms with van der Waals surface area (Å²) in [5, 5.41) is 3.42. The van der Waals surface area contributed by atoms with Gasteiger partial charge in [-0.25, -0.2) is 0 Å². The summed E-state index contributed by atoms with van der Waals surface area (Å²) in [6, 6.07) is 0.480. The van der Waals surface area contributed by atoms with Gasteiger partial charge in [-0.3, -0.25) is 14.7 Å². The summed E-state index contributed by atoms with van der Waals surface area (Å²) in [6.45, 7) is 12.5. The first kappa shape index (κ1) is 20.0. The van der Waals surface area contributed by atoms with Crippen LogP contribution in [0.25, 0.3) is 0 Å². The predicted octanol–water partition coefficient (Wildman–Crippen LogP) is 1.96. The van der Waals surface area contributed by atoms with Crippen LogP contribution in [0.4, 0.5) is 0 Å². The van der Waals surface area contributed by atoms with Crippen molar-refractivity contribution < 1.29 is 9.53 Å². The molecule has 0 amide bonds. The minimum absolute atomic E-state index is 0.0402. The van der Waals surface area contributed by atoms with Crippen molar-refractivity contribution in [3.8, 4) is 0 Å². The van der Waals surface area contributed by atoms with E-state index in [0.717, 1.165) is 50.9 Å². The number of guanidine groups is 1. The molecule has 2 aliphatic heterocycles.